The Bertz CT molecular complexity index is 1070. The molecule has 3 aromatic heterocycles. The lowest BCUT2D eigenvalue weighted by Gasteiger charge is -2.13. The van der Waals surface area contributed by atoms with Gasteiger partial charge < -0.3 is 4.42 Å². The maximum atomic E-state index is 5.47. The predicted octanol–water partition coefficient (Wildman–Crippen LogP) is 3.93. The zero-order valence-corrected chi connectivity index (χ0v) is 16.1. The molecule has 0 unspecified atom stereocenters. The summed E-state index contributed by atoms with van der Waals surface area (Å²) in [7, 11) is 0. The first-order chi connectivity index (χ1) is 13.1. The molecule has 0 aliphatic rings. The summed E-state index contributed by atoms with van der Waals surface area (Å²) in [6, 6.07) is 12.1. The maximum absolute atomic E-state index is 5.47. The van der Waals surface area contributed by atoms with Crippen LogP contribution in [0.5, 0.6) is 0 Å². The van der Waals surface area contributed by atoms with E-state index in [9.17, 15) is 0 Å². The van der Waals surface area contributed by atoms with Crippen molar-refractivity contribution in [3.8, 4) is 17.2 Å². The molecule has 4 rings (SSSR count). The average Bonchev–Trinajstić information content (AvgIpc) is 3.27. The minimum Gasteiger partial charge on any atom is -0.425 e. The molecule has 0 aliphatic heterocycles. The molecule has 0 spiro atoms. The molecule has 0 aliphatic carbocycles. The van der Waals surface area contributed by atoms with Crippen molar-refractivity contribution in [1.82, 2.24) is 29.9 Å². The fourth-order valence-electron chi connectivity index (χ4n) is 2.82. The van der Waals surface area contributed by atoms with E-state index in [1.54, 1.807) is 13.1 Å². The largest absolute Gasteiger partial charge is 0.425 e. The summed E-state index contributed by atoms with van der Waals surface area (Å²) in [5.74, 6) is 2.33. The second-order valence-electron chi connectivity index (χ2n) is 6.15. The standard InChI is InChI=1S/C19H18N6OS/c1-12-7-8-16(13(2)10-12)25-18(15-6-4-5-9-20-15)23-24-19(25)27-11-17-22-21-14(3)26-17/h4-10H,11H2,1-3H3. The topological polar surface area (TPSA) is 82.5 Å². The van der Waals surface area contributed by atoms with Crippen molar-refractivity contribution in [2.24, 2.45) is 0 Å². The molecule has 0 radical (unpaired) electrons. The molecular weight excluding hydrogens is 360 g/mol. The van der Waals surface area contributed by atoms with E-state index in [1.165, 1.54) is 17.3 Å². The van der Waals surface area contributed by atoms with Gasteiger partial charge in [-0.2, -0.15) is 0 Å². The summed E-state index contributed by atoms with van der Waals surface area (Å²) in [5.41, 5.74) is 4.14. The van der Waals surface area contributed by atoms with E-state index >= 15 is 0 Å². The lowest BCUT2D eigenvalue weighted by molar-refractivity contribution is 0.485. The van der Waals surface area contributed by atoms with Crippen LogP contribution in [0.4, 0.5) is 0 Å². The minimum absolute atomic E-state index is 0.520. The first-order valence-corrected chi connectivity index (χ1v) is 9.46. The monoisotopic (exact) mass is 378 g/mol. The van der Waals surface area contributed by atoms with Crippen molar-refractivity contribution in [1.29, 1.82) is 0 Å². The molecule has 0 saturated carbocycles. The number of aryl methyl sites for hydroxylation is 3. The maximum Gasteiger partial charge on any atom is 0.226 e. The highest BCUT2D eigenvalue weighted by Crippen LogP contribution is 2.30. The van der Waals surface area contributed by atoms with E-state index in [4.69, 9.17) is 4.42 Å². The second kappa shape index (κ2) is 7.32. The van der Waals surface area contributed by atoms with E-state index in [2.05, 4.69) is 57.4 Å². The Morgan fingerprint density at radius 2 is 1.89 bits per heavy atom. The number of nitrogens with zero attached hydrogens (tertiary/aromatic N) is 6. The Labute approximate surface area is 160 Å². The van der Waals surface area contributed by atoms with E-state index in [-0.39, 0.29) is 0 Å². The van der Waals surface area contributed by atoms with Gasteiger partial charge in [0.2, 0.25) is 11.8 Å². The van der Waals surface area contributed by atoms with E-state index in [0.29, 0.717) is 23.4 Å². The summed E-state index contributed by atoms with van der Waals surface area (Å²) in [6.45, 7) is 5.94. The van der Waals surface area contributed by atoms with Crippen molar-refractivity contribution >= 4 is 11.8 Å². The van der Waals surface area contributed by atoms with Crippen LogP contribution in [0.2, 0.25) is 0 Å². The first kappa shape index (κ1) is 17.4. The number of aromatic nitrogens is 6. The summed E-state index contributed by atoms with van der Waals surface area (Å²) in [4.78, 5) is 4.44. The van der Waals surface area contributed by atoms with Crippen molar-refractivity contribution in [2.75, 3.05) is 0 Å². The number of thioether (sulfide) groups is 1. The summed E-state index contributed by atoms with van der Waals surface area (Å²) in [5, 5.41) is 17.5. The minimum atomic E-state index is 0.520. The zero-order chi connectivity index (χ0) is 18.8. The van der Waals surface area contributed by atoms with Crippen molar-refractivity contribution in [3.63, 3.8) is 0 Å². The lowest BCUT2D eigenvalue weighted by Crippen LogP contribution is -2.03. The van der Waals surface area contributed by atoms with Crippen LogP contribution in [0.25, 0.3) is 17.2 Å². The summed E-state index contributed by atoms with van der Waals surface area (Å²) in [6.07, 6.45) is 1.75. The number of rotatable bonds is 5. The molecule has 4 aromatic rings. The van der Waals surface area contributed by atoms with Gasteiger partial charge in [-0.05, 0) is 37.6 Å². The number of hydrogen-bond donors (Lipinski definition) is 0. The van der Waals surface area contributed by atoms with E-state index < -0.39 is 0 Å². The highest BCUT2D eigenvalue weighted by Gasteiger charge is 2.19. The lowest BCUT2D eigenvalue weighted by atomic mass is 10.1. The Morgan fingerprint density at radius 3 is 2.59 bits per heavy atom. The van der Waals surface area contributed by atoms with Gasteiger partial charge >= 0.3 is 0 Å². The van der Waals surface area contributed by atoms with Gasteiger partial charge in [0.05, 0.1) is 11.4 Å². The Kier molecular flexibility index (Phi) is 4.72. The molecule has 0 amide bonds. The Balaban J connectivity index is 1.78. The Morgan fingerprint density at radius 1 is 1.00 bits per heavy atom. The second-order valence-corrected chi connectivity index (χ2v) is 7.09. The molecule has 136 valence electrons. The van der Waals surface area contributed by atoms with Crippen LogP contribution in [-0.2, 0) is 5.75 Å². The highest BCUT2D eigenvalue weighted by atomic mass is 32.2. The third-order valence-corrected chi connectivity index (χ3v) is 4.93. The molecule has 0 atom stereocenters. The van der Waals surface area contributed by atoms with Crippen LogP contribution in [-0.4, -0.2) is 29.9 Å². The smallest absolute Gasteiger partial charge is 0.226 e. The first-order valence-electron chi connectivity index (χ1n) is 8.48. The van der Waals surface area contributed by atoms with Gasteiger partial charge in [0.1, 0.15) is 5.69 Å². The van der Waals surface area contributed by atoms with Crippen LogP contribution >= 0.6 is 11.8 Å². The van der Waals surface area contributed by atoms with Gasteiger partial charge in [-0.1, -0.05) is 35.5 Å². The molecule has 0 fully saturated rings. The molecule has 8 heteroatoms. The quantitative estimate of drug-likeness (QED) is 0.487. The van der Waals surface area contributed by atoms with Gasteiger partial charge in [0.25, 0.3) is 0 Å². The number of hydrogen-bond acceptors (Lipinski definition) is 7. The number of benzene rings is 1. The van der Waals surface area contributed by atoms with Crippen LogP contribution in [0.3, 0.4) is 0 Å². The van der Waals surface area contributed by atoms with Crippen molar-refractivity contribution in [3.05, 3.63) is 65.5 Å². The molecule has 27 heavy (non-hydrogen) atoms. The van der Waals surface area contributed by atoms with E-state index in [1.807, 2.05) is 22.8 Å². The van der Waals surface area contributed by atoms with Crippen LogP contribution < -0.4 is 0 Å². The van der Waals surface area contributed by atoms with Crippen molar-refractivity contribution < 1.29 is 4.42 Å². The van der Waals surface area contributed by atoms with Gasteiger partial charge in [-0.15, -0.1) is 20.4 Å². The molecular formula is C19H18N6OS. The van der Waals surface area contributed by atoms with Crippen LogP contribution in [0, 0.1) is 20.8 Å². The van der Waals surface area contributed by atoms with Gasteiger partial charge in [-0.25, -0.2) is 0 Å². The fraction of sp³-hybridized carbons (Fsp3) is 0.211. The Hall–Kier alpha value is -3.00. The van der Waals surface area contributed by atoms with Crippen LogP contribution in [0.1, 0.15) is 22.9 Å². The third-order valence-electron chi connectivity index (χ3n) is 4.01. The average molecular weight is 378 g/mol. The summed E-state index contributed by atoms with van der Waals surface area (Å²) >= 11 is 1.50. The molecule has 0 N–H and O–H groups in total. The van der Waals surface area contributed by atoms with Crippen molar-refractivity contribution in [2.45, 2.75) is 31.7 Å². The molecule has 3 heterocycles. The molecule has 0 bridgehead atoms. The van der Waals surface area contributed by atoms with Gasteiger partial charge in [-0.3, -0.25) is 9.55 Å². The third kappa shape index (κ3) is 3.61. The van der Waals surface area contributed by atoms with E-state index in [0.717, 1.165) is 22.1 Å². The normalized spacial score (nSPS) is 11.1. The number of pyridine rings is 1. The predicted molar refractivity (Wildman–Crippen MR) is 103 cm³/mol. The highest BCUT2D eigenvalue weighted by molar-refractivity contribution is 7.98. The molecule has 7 nitrogen and oxygen atoms in total. The van der Waals surface area contributed by atoms with Gasteiger partial charge in [0.15, 0.2) is 11.0 Å². The SMILES string of the molecule is Cc1ccc(-n2c(SCc3nnc(C)o3)nnc2-c2ccccn2)c(C)c1. The molecule has 0 saturated heterocycles. The zero-order valence-electron chi connectivity index (χ0n) is 15.2. The fourth-order valence-corrected chi connectivity index (χ4v) is 3.60. The van der Waals surface area contributed by atoms with Gasteiger partial charge in [0, 0.05) is 13.1 Å². The van der Waals surface area contributed by atoms with Crippen LogP contribution in [0.15, 0.2) is 52.2 Å². The molecule has 1 aromatic carbocycles. The summed E-state index contributed by atoms with van der Waals surface area (Å²) < 4.78 is 7.50.